The molecular formula is C20H26Cl2N2O2. The van der Waals surface area contributed by atoms with Gasteiger partial charge in [-0.2, -0.15) is 0 Å². The Morgan fingerprint density at radius 3 is 2.42 bits per heavy atom. The lowest BCUT2D eigenvalue weighted by molar-refractivity contribution is 0.269. The molecule has 142 valence electrons. The molecule has 0 aliphatic heterocycles. The third-order valence-corrected chi connectivity index (χ3v) is 4.53. The first kappa shape index (κ1) is 20.8. The van der Waals surface area contributed by atoms with Gasteiger partial charge in [-0.3, -0.25) is 0 Å². The molecule has 0 saturated heterocycles. The molecule has 2 aromatic rings. The van der Waals surface area contributed by atoms with Crippen molar-refractivity contribution >= 4 is 23.2 Å². The summed E-state index contributed by atoms with van der Waals surface area (Å²) in [5.74, 6) is 1.47. The Kier molecular flexibility index (Phi) is 9.06. The van der Waals surface area contributed by atoms with E-state index < -0.39 is 0 Å². The minimum atomic E-state index is 0.401. The van der Waals surface area contributed by atoms with E-state index in [0.29, 0.717) is 23.3 Å². The number of hydrogen-bond donors (Lipinski definition) is 2. The molecule has 26 heavy (non-hydrogen) atoms. The average molecular weight is 397 g/mol. The third kappa shape index (κ3) is 6.69. The van der Waals surface area contributed by atoms with Crippen molar-refractivity contribution in [2.75, 3.05) is 26.7 Å². The SMILES string of the molecule is CCOc1cc(CNCCCNC)ccc1OCc1ccc(Cl)c(Cl)c1. The third-order valence-electron chi connectivity index (χ3n) is 3.80. The minimum absolute atomic E-state index is 0.401. The quantitative estimate of drug-likeness (QED) is 0.541. The first-order valence-electron chi connectivity index (χ1n) is 8.81. The second-order valence-electron chi connectivity index (χ2n) is 5.89. The van der Waals surface area contributed by atoms with E-state index in [4.69, 9.17) is 32.7 Å². The van der Waals surface area contributed by atoms with Crippen molar-refractivity contribution in [3.05, 3.63) is 57.6 Å². The van der Waals surface area contributed by atoms with Gasteiger partial charge in [0.1, 0.15) is 6.61 Å². The van der Waals surface area contributed by atoms with Crippen LogP contribution in [0.2, 0.25) is 10.0 Å². The molecule has 2 N–H and O–H groups in total. The van der Waals surface area contributed by atoms with E-state index in [1.165, 1.54) is 5.56 Å². The molecule has 4 nitrogen and oxygen atoms in total. The molecule has 6 heteroatoms. The smallest absolute Gasteiger partial charge is 0.161 e. The monoisotopic (exact) mass is 396 g/mol. The number of rotatable bonds is 11. The van der Waals surface area contributed by atoms with Gasteiger partial charge in [-0.25, -0.2) is 0 Å². The zero-order valence-electron chi connectivity index (χ0n) is 15.3. The van der Waals surface area contributed by atoms with Gasteiger partial charge in [-0.1, -0.05) is 35.3 Å². The first-order chi connectivity index (χ1) is 12.6. The molecule has 0 bridgehead atoms. The van der Waals surface area contributed by atoms with E-state index in [1.807, 2.05) is 38.2 Å². The van der Waals surface area contributed by atoms with Gasteiger partial charge in [-0.15, -0.1) is 0 Å². The zero-order valence-corrected chi connectivity index (χ0v) is 16.8. The van der Waals surface area contributed by atoms with Crippen LogP contribution < -0.4 is 20.1 Å². The summed E-state index contributed by atoms with van der Waals surface area (Å²) in [7, 11) is 1.96. The van der Waals surface area contributed by atoms with Gasteiger partial charge >= 0.3 is 0 Å². The Labute approximate surface area is 165 Å². The Bertz CT molecular complexity index is 696. The van der Waals surface area contributed by atoms with Crippen molar-refractivity contribution < 1.29 is 9.47 Å². The average Bonchev–Trinajstić information content (AvgIpc) is 2.64. The van der Waals surface area contributed by atoms with Gasteiger partial charge in [0.05, 0.1) is 16.7 Å². The second kappa shape index (κ2) is 11.3. The fourth-order valence-corrected chi connectivity index (χ4v) is 2.78. The lowest BCUT2D eigenvalue weighted by atomic mass is 10.2. The maximum absolute atomic E-state index is 6.05. The number of hydrogen-bond acceptors (Lipinski definition) is 4. The van der Waals surface area contributed by atoms with Gasteiger partial charge in [0, 0.05) is 6.54 Å². The van der Waals surface area contributed by atoms with Gasteiger partial charge in [0.15, 0.2) is 11.5 Å². The lowest BCUT2D eigenvalue weighted by Gasteiger charge is -2.14. The van der Waals surface area contributed by atoms with E-state index in [2.05, 4.69) is 16.7 Å². The number of nitrogens with one attached hydrogen (secondary N) is 2. The predicted octanol–water partition coefficient (Wildman–Crippen LogP) is 4.67. The van der Waals surface area contributed by atoms with E-state index >= 15 is 0 Å². The van der Waals surface area contributed by atoms with Crippen LogP contribution in [0.3, 0.4) is 0 Å². The van der Waals surface area contributed by atoms with Crippen molar-refractivity contribution in [1.29, 1.82) is 0 Å². The van der Waals surface area contributed by atoms with Crippen molar-refractivity contribution in [1.82, 2.24) is 10.6 Å². The topological polar surface area (TPSA) is 42.5 Å². The van der Waals surface area contributed by atoms with Crippen LogP contribution in [-0.2, 0) is 13.2 Å². The number of ether oxygens (including phenoxy) is 2. The summed E-state index contributed by atoms with van der Waals surface area (Å²) in [6.45, 7) is 5.74. The van der Waals surface area contributed by atoms with E-state index in [1.54, 1.807) is 6.07 Å². The summed E-state index contributed by atoms with van der Waals surface area (Å²) in [4.78, 5) is 0. The molecule has 0 aromatic heterocycles. The molecule has 0 unspecified atom stereocenters. The van der Waals surface area contributed by atoms with Crippen LogP contribution in [0.4, 0.5) is 0 Å². The molecule has 0 atom stereocenters. The Morgan fingerprint density at radius 1 is 0.885 bits per heavy atom. The normalized spacial score (nSPS) is 10.8. The van der Waals surface area contributed by atoms with Crippen LogP contribution in [0, 0.1) is 0 Å². The molecule has 0 radical (unpaired) electrons. The molecule has 2 aromatic carbocycles. The largest absolute Gasteiger partial charge is 0.490 e. The fourth-order valence-electron chi connectivity index (χ4n) is 2.46. The maximum Gasteiger partial charge on any atom is 0.161 e. The molecule has 0 heterocycles. The molecule has 0 spiro atoms. The summed E-state index contributed by atoms with van der Waals surface area (Å²) < 4.78 is 11.7. The highest BCUT2D eigenvalue weighted by molar-refractivity contribution is 6.42. The summed E-state index contributed by atoms with van der Waals surface area (Å²) in [5.41, 5.74) is 2.12. The first-order valence-corrected chi connectivity index (χ1v) is 9.57. The van der Waals surface area contributed by atoms with Gasteiger partial charge in [-0.05, 0) is 68.9 Å². The van der Waals surface area contributed by atoms with Crippen molar-refractivity contribution in [2.24, 2.45) is 0 Å². The summed E-state index contributed by atoms with van der Waals surface area (Å²) in [6, 6.07) is 11.5. The molecule has 0 aliphatic carbocycles. The van der Waals surface area contributed by atoms with Gasteiger partial charge in [0.25, 0.3) is 0 Å². The highest BCUT2D eigenvalue weighted by Crippen LogP contribution is 2.30. The standard InChI is InChI=1S/C20H26Cl2N2O2/c1-3-25-20-12-15(13-24-10-4-9-23-2)6-8-19(20)26-14-16-5-7-17(21)18(22)11-16/h5-8,11-12,23-24H,3-4,9-10,13-14H2,1-2H3. The van der Waals surface area contributed by atoms with Crippen LogP contribution >= 0.6 is 23.2 Å². The molecular weight excluding hydrogens is 371 g/mol. The molecule has 0 aliphatic rings. The molecule has 0 amide bonds. The van der Waals surface area contributed by atoms with Crippen LogP contribution in [0.5, 0.6) is 11.5 Å². The molecule has 0 fully saturated rings. The maximum atomic E-state index is 6.05. The second-order valence-corrected chi connectivity index (χ2v) is 6.70. The Hall–Kier alpha value is -1.46. The minimum Gasteiger partial charge on any atom is -0.490 e. The van der Waals surface area contributed by atoms with E-state index in [0.717, 1.165) is 43.1 Å². The van der Waals surface area contributed by atoms with Crippen molar-refractivity contribution in [3.8, 4) is 11.5 Å². The van der Waals surface area contributed by atoms with E-state index in [9.17, 15) is 0 Å². The number of halogens is 2. The predicted molar refractivity (Wildman–Crippen MR) is 109 cm³/mol. The Balaban J connectivity index is 1.97. The van der Waals surface area contributed by atoms with E-state index in [-0.39, 0.29) is 0 Å². The summed E-state index contributed by atoms with van der Waals surface area (Å²) in [6.07, 6.45) is 1.10. The highest BCUT2D eigenvalue weighted by atomic mass is 35.5. The van der Waals surface area contributed by atoms with Gasteiger partial charge in [0.2, 0.25) is 0 Å². The van der Waals surface area contributed by atoms with Crippen molar-refractivity contribution in [2.45, 2.75) is 26.5 Å². The van der Waals surface area contributed by atoms with Crippen LogP contribution in [-0.4, -0.2) is 26.7 Å². The highest BCUT2D eigenvalue weighted by Gasteiger charge is 2.08. The summed E-state index contributed by atoms with van der Waals surface area (Å²) in [5, 5.41) is 7.64. The lowest BCUT2D eigenvalue weighted by Crippen LogP contribution is -2.19. The van der Waals surface area contributed by atoms with Crippen LogP contribution in [0.1, 0.15) is 24.5 Å². The zero-order chi connectivity index (χ0) is 18.8. The fraction of sp³-hybridized carbons (Fsp3) is 0.400. The van der Waals surface area contributed by atoms with Crippen LogP contribution in [0.15, 0.2) is 36.4 Å². The molecule has 2 rings (SSSR count). The Morgan fingerprint density at radius 2 is 1.69 bits per heavy atom. The number of benzene rings is 2. The van der Waals surface area contributed by atoms with Gasteiger partial charge < -0.3 is 20.1 Å². The van der Waals surface area contributed by atoms with Crippen LogP contribution in [0.25, 0.3) is 0 Å². The van der Waals surface area contributed by atoms with Crippen molar-refractivity contribution in [3.63, 3.8) is 0 Å². The summed E-state index contributed by atoms with van der Waals surface area (Å²) >= 11 is 12.0. The molecule has 0 saturated carbocycles.